The number of carbonyl (C=O) groups is 3. The lowest BCUT2D eigenvalue weighted by Crippen LogP contribution is -2.40. The van der Waals surface area contributed by atoms with Crippen LogP contribution in [0.2, 0.25) is 0 Å². The molecule has 1 aliphatic rings. The van der Waals surface area contributed by atoms with Gasteiger partial charge in [-0.3, -0.25) is 14.4 Å². The highest BCUT2D eigenvalue weighted by atomic mass is 16.5. The Kier molecular flexibility index (Phi) is 4.57. The maximum absolute atomic E-state index is 12.3. The Bertz CT molecular complexity index is 571. The van der Waals surface area contributed by atoms with Crippen molar-refractivity contribution in [1.82, 2.24) is 5.32 Å². The van der Waals surface area contributed by atoms with Crippen LogP contribution in [0.1, 0.15) is 31.2 Å². The number of anilines is 1. The summed E-state index contributed by atoms with van der Waals surface area (Å²) in [6, 6.07) is 6.88. The monoisotopic (exact) mass is 290 g/mol. The molecule has 1 aromatic carbocycles. The summed E-state index contributed by atoms with van der Waals surface area (Å²) < 4.78 is 4.57. The summed E-state index contributed by atoms with van der Waals surface area (Å²) in [7, 11) is 1.30. The van der Waals surface area contributed by atoms with Gasteiger partial charge >= 0.3 is 5.97 Å². The van der Waals surface area contributed by atoms with Gasteiger partial charge in [0.05, 0.1) is 19.4 Å². The lowest BCUT2D eigenvalue weighted by atomic mass is 9.89. The number of nitrogens with one attached hydrogen (secondary N) is 2. The average Bonchev–Trinajstić information content (AvgIpc) is 2.45. The maximum atomic E-state index is 12.3. The predicted octanol–water partition coefficient (Wildman–Crippen LogP) is 1.18. The van der Waals surface area contributed by atoms with Crippen LogP contribution >= 0.6 is 0 Å². The minimum absolute atomic E-state index is 0.100. The van der Waals surface area contributed by atoms with Crippen molar-refractivity contribution in [2.45, 2.75) is 31.7 Å². The number of hydrogen-bond acceptors (Lipinski definition) is 4. The van der Waals surface area contributed by atoms with Crippen molar-refractivity contribution in [3.8, 4) is 0 Å². The van der Waals surface area contributed by atoms with E-state index in [0.29, 0.717) is 5.69 Å². The molecule has 0 spiro atoms. The van der Waals surface area contributed by atoms with Crippen molar-refractivity contribution < 1.29 is 19.1 Å². The van der Waals surface area contributed by atoms with E-state index >= 15 is 0 Å². The minimum atomic E-state index is -0.532. The lowest BCUT2D eigenvalue weighted by molar-refractivity contribution is -0.141. The molecule has 1 aromatic rings. The molecule has 2 unspecified atom stereocenters. The third-order valence-corrected chi connectivity index (χ3v) is 3.41. The fourth-order valence-electron chi connectivity index (χ4n) is 2.37. The third kappa shape index (κ3) is 3.59. The van der Waals surface area contributed by atoms with E-state index in [-0.39, 0.29) is 36.7 Å². The fourth-order valence-corrected chi connectivity index (χ4v) is 2.37. The molecule has 0 saturated heterocycles. The van der Waals surface area contributed by atoms with E-state index in [4.69, 9.17) is 0 Å². The highest BCUT2D eigenvalue weighted by Gasteiger charge is 2.31. The number of benzene rings is 1. The van der Waals surface area contributed by atoms with E-state index in [1.807, 2.05) is 12.1 Å². The number of amides is 2. The Morgan fingerprint density at radius 1 is 1.43 bits per heavy atom. The van der Waals surface area contributed by atoms with Crippen molar-refractivity contribution in [1.29, 1.82) is 0 Å². The van der Waals surface area contributed by atoms with Crippen LogP contribution in [0.25, 0.3) is 0 Å². The molecule has 1 aliphatic heterocycles. The number of methoxy groups -OCH3 is 1. The Balaban J connectivity index is 2.09. The first-order chi connectivity index (χ1) is 10.0. The Hall–Kier alpha value is -2.37. The molecular weight excluding hydrogens is 272 g/mol. The molecule has 112 valence electrons. The van der Waals surface area contributed by atoms with Crippen LogP contribution in [0.5, 0.6) is 0 Å². The number of rotatable bonds is 4. The highest BCUT2D eigenvalue weighted by Crippen LogP contribution is 2.32. The normalized spacial score (nSPS) is 18.2. The molecule has 6 nitrogen and oxygen atoms in total. The molecule has 2 amide bonds. The highest BCUT2D eigenvalue weighted by molar-refractivity contribution is 6.01. The smallest absolute Gasteiger partial charge is 0.307 e. The summed E-state index contributed by atoms with van der Waals surface area (Å²) in [5, 5.41) is 5.50. The molecular formula is C15H18N2O4. The van der Waals surface area contributed by atoms with Crippen LogP contribution in [-0.2, 0) is 19.1 Å². The fraction of sp³-hybridized carbons (Fsp3) is 0.400. The van der Waals surface area contributed by atoms with E-state index in [1.165, 1.54) is 7.11 Å². The first kappa shape index (κ1) is 15.0. The molecule has 1 heterocycles. The van der Waals surface area contributed by atoms with Crippen LogP contribution in [0.15, 0.2) is 24.3 Å². The quantitative estimate of drug-likeness (QED) is 0.816. The van der Waals surface area contributed by atoms with Gasteiger partial charge in [0.15, 0.2) is 0 Å². The Morgan fingerprint density at radius 3 is 2.86 bits per heavy atom. The molecule has 21 heavy (non-hydrogen) atoms. The van der Waals surface area contributed by atoms with Gasteiger partial charge in [0.2, 0.25) is 11.8 Å². The van der Waals surface area contributed by atoms with E-state index in [0.717, 1.165) is 5.56 Å². The van der Waals surface area contributed by atoms with Crippen molar-refractivity contribution in [2.24, 2.45) is 0 Å². The SMILES string of the molecule is COC(=O)CC(C)NC(=O)C1CC(=O)Nc2ccccc21. The van der Waals surface area contributed by atoms with E-state index < -0.39 is 5.92 Å². The van der Waals surface area contributed by atoms with Gasteiger partial charge in [0, 0.05) is 18.2 Å². The first-order valence-electron chi connectivity index (χ1n) is 6.77. The van der Waals surface area contributed by atoms with Crippen molar-refractivity contribution in [3.63, 3.8) is 0 Å². The zero-order chi connectivity index (χ0) is 15.4. The number of carbonyl (C=O) groups excluding carboxylic acids is 3. The van der Waals surface area contributed by atoms with Crippen LogP contribution in [0.4, 0.5) is 5.69 Å². The van der Waals surface area contributed by atoms with Gasteiger partial charge in [-0.25, -0.2) is 0 Å². The second kappa shape index (κ2) is 6.39. The van der Waals surface area contributed by atoms with Gasteiger partial charge in [0.25, 0.3) is 0 Å². The summed E-state index contributed by atoms with van der Waals surface area (Å²) in [4.78, 5) is 35.2. The standard InChI is InChI=1S/C15H18N2O4/c1-9(7-14(19)21-2)16-15(20)11-8-13(18)17-12-6-4-3-5-10(11)12/h3-6,9,11H,7-8H2,1-2H3,(H,16,20)(H,17,18). The number of ether oxygens (including phenoxy) is 1. The summed E-state index contributed by atoms with van der Waals surface area (Å²) in [6.45, 7) is 1.73. The van der Waals surface area contributed by atoms with Gasteiger partial charge < -0.3 is 15.4 Å². The van der Waals surface area contributed by atoms with Gasteiger partial charge in [-0.2, -0.15) is 0 Å². The number of hydrogen-bond donors (Lipinski definition) is 2. The molecule has 2 rings (SSSR count). The van der Waals surface area contributed by atoms with Crippen molar-refractivity contribution >= 4 is 23.5 Å². The number of para-hydroxylation sites is 1. The van der Waals surface area contributed by atoms with Crippen LogP contribution in [0, 0.1) is 0 Å². The Morgan fingerprint density at radius 2 is 2.14 bits per heavy atom. The predicted molar refractivity (Wildman–Crippen MR) is 76.7 cm³/mol. The zero-order valence-electron chi connectivity index (χ0n) is 12.0. The van der Waals surface area contributed by atoms with Crippen molar-refractivity contribution in [2.75, 3.05) is 12.4 Å². The number of esters is 1. The van der Waals surface area contributed by atoms with E-state index in [2.05, 4.69) is 15.4 Å². The second-order valence-corrected chi connectivity index (χ2v) is 5.08. The second-order valence-electron chi connectivity index (χ2n) is 5.08. The minimum Gasteiger partial charge on any atom is -0.469 e. The molecule has 0 aromatic heterocycles. The molecule has 2 atom stereocenters. The summed E-state index contributed by atoms with van der Waals surface area (Å²) in [5.41, 5.74) is 1.45. The third-order valence-electron chi connectivity index (χ3n) is 3.41. The first-order valence-corrected chi connectivity index (χ1v) is 6.77. The van der Waals surface area contributed by atoms with Gasteiger partial charge in [-0.05, 0) is 18.6 Å². The van der Waals surface area contributed by atoms with E-state index in [1.54, 1.807) is 19.1 Å². The summed E-state index contributed by atoms with van der Waals surface area (Å²) >= 11 is 0. The lowest BCUT2D eigenvalue weighted by Gasteiger charge is -2.26. The van der Waals surface area contributed by atoms with Gasteiger partial charge in [-0.15, -0.1) is 0 Å². The molecule has 0 saturated carbocycles. The summed E-state index contributed by atoms with van der Waals surface area (Å²) in [5.74, 6) is -1.36. The molecule has 0 aliphatic carbocycles. The zero-order valence-corrected chi connectivity index (χ0v) is 12.0. The maximum Gasteiger partial charge on any atom is 0.307 e. The topological polar surface area (TPSA) is 84.5 Å². The number of fused-ring (bicyclic) bond motifs is 1. The van der Waals surface area contributed by atoms with E-state index in [9.17, 15) is 14.4 Å². The molecule has 2 N–H and O–H groups in total. The molecule has 0 bridgehead atoms. The summed E-state index contributed by atoms with van der Waals surface area (Å²) in [6.07, 6.45) is 0.205. The van der Waals surface area contributed by atoms with Crippen LogP contribution in [-0.4, -0.2) is 30.9 Å². The van der Waals surface area contributed by atoms with Gasteiger partial charge in [-0.1, -0.05) is 18.2 Å². The van der Waals surface area contributed by atoms with Crippen LogP contribution < -0.4 is 10.6 Å². The van der Waals surface area contributed by atoms with Gasteiger partial charge in [0.1, 0.15) is 0 Å². The van der Waals surface area contributed by atoms with Crippen LogP contribution in [0.3, 0.4) is 0 Å². The molecule has 0 fully saturated rings. The molecule has 6 heteroatoms. The largest absolute Gasteiger partial charge is 0.469 e. The Labute approximate surface area is 122 Å². The average molecular weight is 290 g/mol. The van der Waals surface area contributed by atoms with Crippen molar-refractivity contribution in [3.05, 3.63) is 29.8 Å². The molecule has 0 radical (unpaired) electrons.